The van der Waals surface area contributed by atoms with Crippen molar-refractivity contribution < 1.29 is 14.0 Å². The van der Waals surface area contributed by atoms with Gasteiger partial charge in [0.1, 0.15) is 5.82 Å². The molecule has 124 valence electrons. The minimum Gasteiger partial charge on any atom is -0.335 e. The summed E-state index contributed by atoms with van der Waals surface area (Å²) in [5.74, 6) is -0.499. The summed E-state index contributed by atoms with van der Waals surface area (Å²) < 4.78 is 12.9. The fourth-order valence-electron chi connectivity index (χ4n) is 2.77. The van der Waals surface area contributed by atoms with E-state index in [1.54, 1.807) is 9.80 Å². The van der Waals surface area contributed by atoms with Crippen LogP contribution in [0.5, 0.6) is 0 Å². The first kappa shape index (κ1) is 16.2. The van der Waals surface area contributed by atoms with Crippen LogP contribution < -0.4 is 0 Å². The Morgan fingerprint density at radius 2 is 1.12 bits per heavy atom. The molecule has 3 rings (SSSR count). The van der Waals surface area contributed by atoms with Gasteiger partial charge < -0.3 is 9.80 Å². The Bertz CT molecular complexity index is 667. The Labute approximate surface area is 140 Å². The molecule has 2 amide bonds. The number of aryl methyl sites for hydroxylation is 1. The molecule has 0 bridgehead atoms. The Balaban J connectivity index is 1.61. The highest BCUT2D eigenvalue weighted by Crippen LogP contribution is 2.13. The molecule has 1 aliphatic rings. The van der Waals surface area contributed by atoms with Gasteiger partial charge in [0.2, 0.25) is 0 Å². The van der Waals surface area contributed by atoms with Crippen LogP contribution in [-0.4, -0.2) is 47.8 Å². The Morgan fingerprint density at radius 3 is 1.54 bits per heavy atom. The third kappa shape index (κ3) is 3.45. The van der Waals surface area contributed by atoms with E-state index in [1.807, 2.05) is 31.2 Å². The van der Waals surface area contributed by atoms with Crippen LogP contribution >= 0.6 is 0 Å². The predicted molar refractivity (Wildman–Crippen MR) is 89.4 cm³/mol. The lowest BCUT2D eigenvalue weighted by atomic mass is 10.1. The van der Waals surface area contributed by atoms with Crippen LogP contribution in [0.15, 0.2) is 48.5 Å². The van der Waals surface area contributed by atoms with Crippen molar-refractivity contribution in [2.24, 2.45) is 0 Å². The second-order valence-electron chi connectivity index (χ2n) is 5.96. The van der Waals surface area contributed by atoms with Crippen molar-refractivity contribution >= 4 is 11.8 Å². The van der Waals surface area contributed by atoms with Gasteiger partial charge in [-0.1, -0.05) is 17.7 Å². The first-order chi connectivity index (χ1) is 11.5. The summed E-state index contributed by atoms with van der Waals surface area (Å²) in [4.78, 5) is 28.3. The molecule has 0 radical (unpaired) electrons. The van der Waals surface area contributed by atoms with Gasteiger partial charge in [-0.25, -0.2) is 4.39 Å². The minimum absolute atomic E-state index is 0.0103. The largest absolute Gasteiger partial charge is 0.335 e. The summed E-state index contributed by atoms with van der Waals surface area (Å²) in [5.41, 5.74) is 2.25. The minimum atomic E-state index is -0.361. The van der Waals surface area contributed by atoms with Gasteiger partial charge in [-0.3, -0.25) is 9.59 Å². The number of amides is 2. The van der Waals surface area contributed by atoms with Gasteiger partial charge in [0.05, 0.1) is 0 Å². The molecule has 1 aliphatic heterocycles. The highest BCUT2D eigenvalue weighted by Gasteiger charge is 2.25. The van der Waals surface area contributed by atoms with Crippen molar-refractivity contribution in [3.8, 4) is 0 Å². The zero-order valence-corrected chi connectivity index (χ0v) is 13.5. The molecule has 2 aromatic rings. The molecule has 0 unspecified atom stereocenters. The second kappa shape index (κ2) is 6.83. The summed E-state index contributed by atoms with van der Waals surface area (Å²) >= 11 is 0. The van der Waals surface area contributed by atoms with Crippen LogP contribution in [0.25, 0.3) is 0 Å². The lowest BCUT2D eigenvalue weighted by Gasteiger charge is -2.35. The number of benzene rings is 2. The highest BCUT2D eigenvalue weighted by atomic mass is 19.1. The van der Waals surface area contributed by atoms with E-state index in [4.69, 9.17) is 0 Å². The molecule has 0 spiro atoms. The maximum atomic E-state index is 12.9. The van der Waals surface area contributed by atoms with Gasteiger partial charge in [0.15, 0.2) is 0 Å². The molecule has 24 heavy (non-hydrogen) atoms. The Morgan fingerprint density at radius 1 is 0.750 bits per heavy atom. The van der Waals surface area contributed by atoms with Crippen LogP contribution in [-0.2, 0) is 0 Å². The molecule has 0 aliphatic carbocycles. The van der Waals surface area contributed by atoms with Crippen LogP contribution in [0.2, 0.25) is 0 Å². The van der Waals surface area contributed by atoms with Crippen LogP contribution in [0, 0.1) is 12.7 Å². The van der Waals surface area contributed by atoms with E-state index in [0.717, 1.165) is 5.56 Å². The number of piperazine rings is 1. The van der Waals surface area contributed by atoms with E-state index >= 15 is 0 Å². The molecule has 1 heterocycles. The molecule has 1 fully saturated rings. The van der Waals surface area contributed by atoms with Crippen molar-refractivity contribution in [3.63, 3.8) is 0 Å². The van der Waals surface area contributed by atoms with E-state index < -0.39 is 0 Å². The molecule has 0 saturated carbocycles. The fraction of sp³-hybridized carbons (Fsp3) is 0.263. The summed E-state index contributed by atoms with van der Waals surface area (Å²) in [6.07, 6.45) is 0. The Kier molecular flexibility index (Phi) is 4.60. The number of hydrogen-bond acceptors (Lipinski definition) is 2. The highest BCUT2D eigenvalue weighted by molar-refractivity contribution is 5.96. The maximum Gasteiger partial charge on any atom is 0.253 e. The molecule has 0 aromatic heterocycles. The molecular formula is C19H19FN2O2. The monoisotopic (exact) mass is 326 g/mol. The molecular weight excluding hydrogens is 307 g/mol. The number of halogens is 1. The molecule has 1 saturated heterocycles. The van der Waals surface area contributed by atoms with Crippen molar-refractivity contribution in [1.82, 2.24) is 9.80 Å². The van der Waals surface area contributed by atoms with Gasteiger partial charge in [0.25, 0.3) is 11.8 Å². The molecule has 2 aromatic carbocycles. The molecule has 0 N–H and O–H groups in total. The first-order valence-electron chi connectivity index (χ1n) is 7.95. The lowest BCUT2D eigenvalue weighted by Crippen LogP contribution is -2.50. The smallest absolute Gasteiger partial charge is 0.253 e. The van der Waals surface area contributed by atoms with Crippen molar-refractivity contribution in [2.75, 3.05) is 26.2 Å². The molecule has 4 nitrogen and oxygen atoms in total. The molecule has 5 heteroatoms. The number of nitrogens with zero attached hydrogens (tertiary/aromatic N) is 2. The fourth-order valence-corrected chi connectivity index (χ4v) is 2.77. The number of hydrogen-bond donors (Lipinski definition) is 0. The van der Waals surface area contributed by atoms with Crippen LogP contribution in [0.4, 0.5) is 4.39 Å². The van der Waals surface area contributed by atoms with Crippen molar-refractivity contribution in [1.29, 1.82) is 0 Å². The van der Waals surface area contributed by atoms with Crippen LogP contribution in [0.3, 0.4) is 0 Å². The van der Waals surface area contributed by atoms with Gasteiger partial charge in [-0.2, -0.15) is 0 Å². The van der Waals surface area contributed by atoms with E-state index in [9.17, 15) is 14.0 Å². The number of carbonyl (C=O) groups excluding carboxylic acids is 2. The molecule has 0 atom stereocenters. The first-order valence-corrected chi connectivity index (χ1v) is 7.95. The lowest BCUT2D eigenvalue weighted by molar-refractivity contribution is 0.0535. The topological polar surface area (TPSA) is 40.6 Å². The average Bonchev–Trinajstić information content (AvgIpc) is 2.62. The predicted octanol–water partition coefficient (Wildman–Crippen LogP) is 2.73. The van der Waals surface area contributed by atoms with E-state index in [2.05, 4.69) is 0 Å². The van der Waals surface area contributed by atoms with E-state index in [-0.39, 0.29) is 17.6 Å². The van der Waals surface area contributed by atoms with E-state index in [0.29, 0.717) is 37.3 Å². The number of rotatable bonds is 2. The summed E-state index contributed by atoms with van der Waals surface area (Å²) in [7, 11) is 0. The van der Waals surface area contributed by atoms with Gasteiger partial charge in [-0.15, -0.1) is 0 Å². The zero-order valence-electron chi connectivity index (χ0n) is 13.5. The normalized spacial score (nSPS) is 14.6. The van der Waals surface area contributed by atoms with Crippen molar-refractivity contribution in [2.45, 2.75) is 6.92 Å². The van der Waals surface area contributed by atoms with Gasteiger partial charge in [0, 0.05) is 37.3 Å². The standard InChI is InChI=1S/C19H19FN2O2/c1-14-2-4-15(5-3-14)18(23)21-10-12-22(13-11-21)19(24)16-6-8-17(20)9-7-16/h2-9H,10-13H2,1H3. The van der Waals surface area contributed by atoms with Crippen molar-refractivity contribution in [3.05, 3.63) is 71.0 Å². The maximum absolute atomic E-state index is 12.9. The quantitative estimate of drug-likeness (QED) is 0.851. The van der Waals surface area contributed by atoms with Gasteiger partial charge in [-0.05, 0) is 43.3 Å². The van der Waals surface area contributed by atoms with Crippen LogP contribution in [0.1, 0.15) is 26.3 Å². The second-order valence-corrected chi connectivity index (χ2v) is 5.96. The third-order valence-electron chi connectivity index (χ3n) is 4.24. The average molecular weight is 326 g/mol. The summed E-state index contributed by atoms with van der Waals surface area (Å²) in [6, 6.07) is 13.0. The van der Waals surface area contributed by atoms with E-state index in [1.165, 1.54) is 24.3 Å². The summed E-state index contributed by atoms with van der Waals surface area (Å²) in [5, 5.41) is 0. The SMILES string of the molecule is Cc1ccc(C(=O)N2CCN(C(=O)c3ccc(F)cc3)CC2)cc1. The Hall–Kier alpha value is -2.69. The summed E-state index contributed by atoms with van der Waals surface area (Å²) in [6.45, 7) is 3.94. The van der Waals surface area contributed by atoms with Gasteiger partial charge >= 0.3 is 0 Å². The zero-order chi connectivity index (χ0) is 17.1. The number of carbonyl (C=O) groups is 2. The third-order valence-corrected chi connectivity index (χ3v) is 4.24.